The molecule has 2 unspecified atom stereocenters. The molecule has 0 amide bonds. The van der Waals surface area contributed by atoms with Crippen molar-refractivity contribution in [2.24, 2.45) is 35.5 Å². The second-order valence-electron chi connectivity index (χ2n) is 11.8. The first-order valence-corrected chi connectivity index (χ1v) is 14.5. The summed E-state index contributed by atoms with van der Waals surface area (Å²) in [6.07, 6.45) is 14.4. The number of hydrogen-bond acceptors (Lipinski definition) is 3. The molecule has 4 aliphatic rings. The van der Waals surface area contributed by atoms with Gasteiger partial charge in [-0.25, -0.2) is 4.39 Å². The Morgan fingerprint density at radius 2 is 2.05 bits per heavy atom. The fourth-order valence-corrected chi connectivity index (χ4v) is 7.61. The number of Topliss-reactive ketones (excluding diaryl/α,β-unsaturated/α-hetero) is 1. The lowest BCUT2D eigenvalue weighted by Gasteiger charge is -2.51. The summed E-state index contributed by atoms with van der Waals surface area (Å²) in [5.74, 6) is 9.15. The Bertz CT molecular complexity index is 1190. The number of allylic oxidation sites excluding steroid dienone is 6. The summed E-state index contributed by atoms with van der Waals surface area (Å²) >= 11 is 0. The highest BCUT2D eigenvalue weighted by atomic mass is 19.1. The maximum atomic E-state index is 13.8. The van der Waals surface area contributed by atoms with Gasteiger partial charge in [-0.3, -0.25) is 10.1 Å². The Kier molecular flexibility index (Phi) is 8.36. The molecule has 0 bridgehead atoms. The highest BCUT2D eigenvalue weighted by Gasteiger charge is 2.50. The minimum atomic E-state index is -0.194. The summed E-state index contributed by atoms with van der Waals surface area (Å²) < 4.78 is 19.6. The van der Waals surface area contributed by atoms with Crippen molar-refractivity contribution in [1.29, 1.82) is 0 Å². The van der Waals surface area contributed by atoms with Gasteiger partial charge < -0.3 is 4.74 Å². The molecule has 1 aromatic carbocycles. The van der Waals surface area contributed by atoms with Crippen LogP contribution in [0.15, 0.2) is 54.1 Å². The predicted octanol–water partition coefficient (Wildman–Crippen LogP) is 6.92. The SMILES string of the molecule is CCOC(C)N[C@H]1CC[C@@H]2[C@@H](C1)C[C@@H]1C(=O)C#C[C](C)[C@@H]1[C@@H]2/C=C/C1=CC=C(c2cccc(F)c2)C(C)C1. The standard InChI is InChI=1S/C34H41FNO2/c1-5-38-23(4)36-28-12-15-30-26(19-28)20-32-33(37)16-9-21(2)34(32)31(30)14-11-24-10-13-29(22(3)17-24)25-7-6-8-27(35)18-25/h6-8,10-11,13-14,18,22-23,26,28,30-32,34,36H,5,12,15,17,19-20H2,1-4H3/b14-11+/t22?,23?,26-,28-,30+,31+,32+,34+/m0/s1. The van der Waals surface area contributed by atoms with Crippen LogP contribution in [0.5, 0.6) is 0 Å². The number of hydrogen-bond donors (Lipinski definition) is 1. The number of fused-ring (bicyclic) bond motifs is 2. The average Bonchev–Trinajstić information content (AvgIpc) is 2.89. The zero-order valence-corrected chi connectivity index (χ0v) is 23.2. The fraction of sp³-hybridized carbons (Fsp3) is 0.529. The van der Waals surface area contributed by atoms with Crippen molar-refractivity contribution in [3.8, 4) is 11.8 Å². The van der Waals surface area contributed by atoms with Gasteiger partial charge in [-0.15, -0.1) is 0 Å². The molecule has 2 saturated carbocycles. The minimum Gasteiger partial charge on any atom is -0.364 e. The van der Waals surface area contributed by atoms with Crippen molar-refractivity contribution in [2.45, 2.75) is 72.1 Å². The highest BCUT2D eigenvalue weighted by Crippen LogP contribution is 2.53. The molecule has 4 aliphatic carbocycles. The molecule has 38 heavy (non-hydrogen) atoms. The van der Waals surface area contributed by atoms with E-state index in [2.05, 4.69) is 62.2 Å². The van der Waals surface area contributed by atoms with E-state index < -0.39 is 0 Å². The number of nitrogens with one attached hydrogen (secondary N) is 1. The molecule has 5 rings (SSSR count). The highest BCUT2D eigenvalue weighted by molar-refractivity contribution is 5.99. The molecule has 2 fully saturated rings. The van der Waals surface area contributed by atoms with Crippen LogP contribution in [0.1, 0.15) is 65.4 Å². The number of benzene rings is 1. The van der Waals surface area contributed by atoms with Crippen LogP contribution in [0.2, 0.25) is 0 Å². The Balaban J connectivity index is 1.37. The molecule has 1 N–H and O–H groups in total. The smallest absolute Gasteiger partial charge is 0.208 e. The van der Waals surface area contributed by atoms with Crippen LogP contribution in [-0.4, -0.2) is 24.7 Å². The fourth-order valence-electron chi connectivity index (χ4n) is 7.61. The lowest BCUT2D eigenvalue weighted by atomic mass is 9.53. The number of ether oxygens (including phenoxy) is 1. The largest absolute Gasteiger partial charge is 0.364 e. The van der Waals surface area contributed by atoms with Crippen LogP contribution in [0, 0.1) is 59.1 Å². The second kappa shape index (κ2) is 11.7. The molecule has 0 aromatic heterocycles. The van der Waals surface area contributed by atoms with Gasteiger partial charge in [-0.1, -0.05) is 49.3 Å². The van der Waals surface area contributed by atoms with Crippen molar-refractivity contribution in [3.05, 3.63) is 71.4 Å². The molecule has 0 spiro atoms. The van der Waals surface area contributed by atoms with Crippen LogP contribution in [0.4, 0.5) is 4.39 Å². The molecule has 4 heteroatoms. The van der Waals surface area contributed by atoms with Gasteiger partial charge in [0.1, 0.15) is 12.0 Å². The number of ketones is 1. The van der Waals surface area contributed by atoms with Gasteiger partial charge >= 0.3 is 0 Å². The van der Waals surface area contributed by atoms with Gasteiger partial charge in [-0.05, 0) is 117 Å². The number of carbonyl (C=O) groups is 1. The zero-order chi connectivity index (χ0) is 26.8. The normalized spacial score (nSPS) is 34.0. The lowest BCUT2D eigenvalue weighted by molar-refractivity contribution is -0.123. The van der Waals surface area contributed by atoms with E-state index in [-0.39, 0.29) is 29.7 Å². The molecule has 0 heterocycles. The molecule has 8 atom stereocenters. The second-order valence-corrected chi connectivity index (χ2v) is 11.8. The minimum absolute atomic E-state index is 0.00829. The van der Waals surface area contributed by atoms with Gasteiger partial charge in [0.05, 0.1) is 0 Å². The van der Waals surface area contributed by atoms with Crippen molar-refractivity contribution < 1.29 is 13.9 Å². The number of rotatable bonds is 7. The number of halogens is 1. The summed E-state index contributed by atoms with van der Waals surface area (Å²) in [6, 6.07) is 7.32. The Labute approximate surface area is 228 Å². The molecular weight excluding hydrogens is 473 g/mol. The first kappa shape index (κ1) is 27.1. The van der Waals surface area contributed by atoms with Gasteiger partial charge in [0.25, 0.3) is 0 Å². The van der Waals surface area contributed by atoms with Crippen molar-refractivity contribution in [2.75, 3.05) is 6.61 Å². The summed E-state index contributed by atoms with van der Waals surface area (Å²) in [5, 5.41) is 3.67. The van der Waals surface area contributed by atoms with E-state index in [1.807, 2.05) is 13.0 Å². The van der Waals surface area contributed by atoms with Crippen molar-refractivity contribution >= 4 is 11.4 Å². The Morgan fingerprint density at radius 1 is 1.21 bits per heavy atom. The van der Waals surface area contributed by atoms with E-state index in [0.29, 0.717) is 36.3 Å². The van der Waals surface area contributed by atoms with Gasteiger partial charge in [0, 0.05) is 24.5 Å². The summed E-state index contributed by atoms with van der Waals surface area (Å²) in [6.45, 7) is 9.17. The quantitative estimate of drug-likeness (QED) is 0.244. The molecule has 201 valence electrons. The molecule has 0 saturated heterocycles. The topological polar surface area (TPSA) is 38.3 Å². The van der Waals surface area contributed by atoms with E-state index in [1.165, 1.54) is 23.1 Å². The van der Waals surface area contributed by atoms with Crippen LogP contribution < -0.4 is 5.32 Å². The van der Waals surface area contributed by atoms with Gasteiger partial charge in [0.15, 0.2) is 0 Å². The maximum Gasteiger partial charge on any atom is 0.208 e. The van der Waals surface area contributed by atoms with E-state index in [4.69, 9.17) is 4.74 Å². The third-order valence-electron chi connectivity index (χ3n) is 9.29. The summed E-state index contributed by atoms with van der Waals surface area (Å²) in [4.78, 5) is 13.0. The monoisotopic (exact) mass is 514 g/mol. The van der Waals surface area contributed by atoms with Crippen LogP contribution >= 0.6 is 0 Å². The Hall–Kier alpha value is -2.48. The van der Waals surface area contributed by atoms with E-state index in [0.717, 1.165) is 37.7 Å². The molecule has 1 radical (unpaired) electrons. The third-order valence-corrected chi connectivity index (χ3v) is 9.29. The average molecular weight is 515 g/mol. The Morgan fingerprint density at radius 3 is 2.82 bits per heavy atom. The molecule has 1 aromatic rings. The summed E-state index contributed by atoms with van der Waals surface area (Å²) in [5.41, 5.74) is 3.44. The third kappa shape index (κ3) is 5.75. The predicted molar refractivity (Wildman–Crippen MR) is 151 cm³/mol. The van der Waals surface area contributed by atoms with Crippen molar-refractivity contribution in [3.63, 3.8) is 0 Å². The first-order chi connectivity index (χ1) is 18.3. The first-order valence-electron chi connectivity index (χ1n) is 14.5. The maximum absolute atomic E-state index is 13.8. The number of carbonyl (C=O) groups excluding carboxylic acids is 1. The zero-order valence-electron chi connectivity index (χ0n) is 23.2. The van der Waals surface area contributed by atoms with Gasteiger partial charge in [-0.2, -0.15) is 0 Å². The molecule has 3 nitrogen and oxygen atoms in total. The van der Waals surface area contributed by atoms with E-state index in [9.17, 15) is 9.18 Å². The van der Waals surface area contributed by atoms with Crippen LogP contribution in [0.3, 0.4) is 0 Å². The molecule has 0 aliphatic heterocycles. The summed E-state index contributed by atoms with van der Waals surface area (Å²) in [7, 11) is 0. The van der Waals surface area contributed by atoms with E-state index in [1.54, 1.807) is 12.1 Å². The van der Waals surface area contributed by atoms with Crippen LogP contribution in [0.25, 0.3) is 5.57 Å². The van der Waals surface area contributed by atoms with Crippen molar-refractivity contribution in [1.82, 2.24) is 5.32 Å². The van der Waals surface area contributed by atoms with E-state index >= 15 is 0 Å². The van der Waals surface area contributed by atoms with Gasteiger partial charge in [0.2, 0.25) is 5.78 Å². The lowest BCUT2D eigenvalue weighted by Crippen LogP contribution is -2.50. The molecular formula is C34H41FNO2. The van der Waals surface area contributed by atoms with Crippen LogP contribution in [-0.2, 0) is 9.53 Å².